The summed E-state index contributed by atoms with van der Waals surface area (Å²) in [7, 11) is 0. The predicted molar refractivity (Wildman–Crippen MR) is 443 cm³/mol. The number of hydrogen-bond donors (Lipinski definition) is 0. The van der Waals surface area contributed by atoms with Crippen molar-refractivity contribution in [2.45, 2.75) is 316 Å². The van der Waals surface area contributed by atoms with E-state index in [1.54, 1.807) is 29.9 Å². The van der Waals surface area contributed by atoms with Crippen molar-refractivity contribution in [3.05, 3.63) is 78.1 Å². The van der Waals surface area contributed by atoms with Crippen LogP contribution in [0.25, 0.3) is 52.0 Å². The fourth-order valence-corrected chi connectivity index (χ4v) is 39.9. The first-order valence-electron chi connectivity index (χ1n) is 39.4. The smallest absolute Gasteiger partial charge is 0.481 e. The quantitative estimate of drug-likeness (QED) is 0.0275. The fraction of sp³-hybridized carbons (Fsp3) is 0.679. The molecule has 0 bridgehead atoms. The third-order valence-electron chi connectivity index (χ3n) is 21.8. The molecule has 554 valence electrons. The maximum absolute atomic E-state index is 7.46. The van der Waals surface area contributed by atoms with Gasteiger partial charge in [0.25, 0.3) is 0 Å². The molecular formula is C84H127Br2N5O4S4Sn. The van der Waals surface area contributed by atoms with Crippen molar-refractivity contribution in [1.29, 1.82) is 0 Å². The van der Waals surface area contributed by atoms with Gasteiger partial charge in [-0.1, -0.05) is 92.2 Å². The van der Waals surface area contributed by atoms with Gasteiger partial charge < -0.3 is 4.74 Å². The molecule has 2 aliphatic rings. The van der Waals surface area contributed by atoms with Crippen LogP contribution in [0.2, 0.25) is 13.3 Å². The number of thiophene rings is 4. The predicted octanol–water partition coefficient (Wildman–Crippen LogP) is 29.4. The third-order valence-corrected chi connectivity index (χ3v) is 45.9. The molecule has 4 atom stereocenters. The molecule has 9 heterocycles. The monoisotopic (exact) mass is 1680 g/mol. The van der Waals surface area contributed by atoms with Crippen LogP contribution in [0, 0.1) is 68.1 Å². The summed E-state index contributed by atoms with van der Waals surface area (Å²) in [6, 6.07) is 14.3. The van der Waals surface area contributed by atoms with E-state index in [-0.39, 0.29) is 11.2 Å². The first kappa shape index (κ1) is 83.0. The molecule has 2 aliphatic heterocycles. The maximum atomic E-state index is 7.46. The van der Waals surface area contributed by atoms with Gasteiger partial charge in [0.1, 0.15) is 27.0 Å². The van der Waals surface area contributed by atoms with Crippen LogP contribution in [-0.2, 0) is 11.2 Å². The molecule has 0 N–H and O–H groups in total. The Labute approximate surface area is 642 Å². The number of pyridine rings is 1. The molecule has 7 aromatic heterocycles. The van der Waals surface area contributed by atoms with Crippen LogP contribution < -0.4 is 12.4 Å². The Morgan fingerprint density at radius 2 is 0.830 bits per heavy atom. The summed E-state index contributed by atoms with van der Waals surface area (Å²) in [6.07, 6.45) is 35.3. The Bertz CT molecular complexity index is 3640. The van der Waals surface area contributed by atoms with E-state index in [0.717, 1.165) is 80.7 Å². The van der Waals surface area contributed by atoms with Crippen molar-refractivity contribution in [2.75, 3.05) is 0 Å². The minimum absolute atomic E-state index is 0.166. The van der Waals surface area contributed by atoms with Crippen LogP contribution in [0.4, 0.5) is 0 Å². The molecule has 1 aromatic carbocycles. The molecule has 9 nitrogen and oxygen atoms in total. The average molecular weight is 1680 g/mol. The summed E-state index contributed by atoms with van der Waals surface area (Å²) in [6.45, 7) is 42.6. The van der Waals surface area contributed by atoms with Gasteiger partial charge in [-0.25, -0.2) is 14.2 Å². The van der Waals surface area contributed by atoms with Gasteiger partial charge in [0.05, 0.1) is 14.2 Å². The van der Waals surface area contributed by atoms with Crippen molar-refractivity contribution < 1.29 is 18.7 Å². The Hall–Kier alpha value is -2.67. The summed E-state index contributed by atoms with van der Waals surface area (Å²) in [5, 5.41) is 15.9. The molecule has 0 aliphatic carbocycles. The molecule has 0 fully saturated rings. The van der Waals surface area contributed by atoms with Crippen molar-refractivity contribution >= 4 is 121 Å². The Balaban J connectivity index is 0.000000220. The van der Waals surface area contributed by atoms with E-state index in [1.807, 2.05) is 36.9 Å². The second-order valence-corrected chi connectivity index (χ2v) is 53.1. The molecule has 0 saturated heterocycles. The molecule has 10 rings (SSSR count). The van der Waals surface area contributed by atoms with Crippen LogP contribution in [0.15, 0.2) is 60.9 Å². The fourth-order valence-electron chi connectivity index (χ4n) is 15.4. The number of unbranched alkanes of at least 4 members (excludes halogenated alkanes) is 3. The summed E-state index contributed by atoms with van der Waals surface area (Å²) in [5.74, 6) is 8.35. The van der Waals surface area contributed by atoms with E-state index >= 15 is 0 Å². The third kappa shape index (κ3) is 22.5. The van der Waals surface area contributed by atoms with E-state index in [2.05, 4.69) is 234 Å². The number of halogens is 2. The molecule has 0 amide bonds. The molecule has 0 radical (unpaired) electrons. The molecule has 0 spiro atoms. The molecule has 16 heteroatoms. The van der Waals surface area contributed by atoms with E-state index in [4.69, 9.17) is 14.1 Å². The van der Waals surface area contributed by atoms with Crippen LogP contribution in [0.1, 0.15) is 297 Å². The van der Waals surface area contributed by atoms with Crippen LogP contribution in [0.3, 0.4) is 0 Å². The van der Waals surface area contributed by atoms with Crippen LogP contribution in [-0.4, -0.2) is 44.0 Å². The Morgan fingerprint density at radius 1 is 0.430 bits per heavy atom. The van der Waals surface area contributed by atoms with Gasteiger partial charge in [-0.15, -0.1) is 22.7 Å². The standard InChI is InChI=1S/C37H52N2O2S2.C30H47OS2.C5HBr2N3O.3C4H9.Sn/c1-23(2)11-9-13-25(5)17-19-37(20-18-26(6)14-10-12-24(3)4)30-22-32(29-16-15-27(7)33-34(29)39-41-38-33)43-35(30)36-31(40-37)21-28(8)42-36;1-21(2)10-8-12-23(5)14-17-30(18-15-24(6)13-9-11-22(3)4)26-16-19-32-28(26)29-27(31-30)20-25(7)33-29;6-2-1-8-5(7)4-3(2)9-11-10-4;3*1-3-4-2;/h15-16,21-26H,9-14,17-20H2,1-8H3;16,20-24H,8-15,17-18H2,1-7H3;1H;3*1,3-4H2,2H3;. The second-order valence-electron chi connectivity index (χ2n) is 32.7. The SMILES string of the molecule is Brc1cnc(Br)c2nonc12.CCC[CH2][Sn]([CH2]CCC)([CH2]CCC)[c]1cc2c(s1)-c1sc(C)cc1OC2(CCC(C)CCCC(C)C)CCC(C)CCCC(C)C.Cc1cc2c(s1)-c1sc(-c3ccc(C)c4nonc34)cc1C(CCC(C)CCCC(C)C)(CCC(C)CCCC(C)C)O2. The summed E-state index contributed by atoms with van der Waals surface area (Å²) in [4.78, 5) is 13.7. The van der Waals surface area contributed by atoms with E-state index < -0.39 is 18.4 Å². The zero-order chi connectivity index (χ0) is 72.3. The number of hydrogen-bond acceptors (Lipinski definition) is 13. The zero-order valence-electron chi connectivity index (χ0n) is 64.9. The number of aryl methyl sites for hydroxylation is 3. The summed E-state index contributed by atoms with van der Waals surface area (Å²) in [5.41, 5.74) is 7.73. The minimum atomic E-state index is -2.59. The summed E-state index contributed by atoms with van der Waals surface area (Å²) >= 11 is 11.9. The van der Waals surface area contributed by atoms with Gasteiger partial charge in [0, 0.05) is 27.1 Å². The molecule has 4 unspecified atom stereocenters. The van der Waals surface area contributed by atoms with E-state index in [9.17, 15) is 0 Å². The first-order valence-corrected chi connectivity index (χ1v) is 51.7. The summed E-state index contributed by atoms with van der Waals surface area (Å²) < 4.78 is 32.4. The van der Waals surface area contributed by atoms with Gasteiger partial charge in [-0.3, -0.25) is 0 Å². The average Bonchev–Trinajstić information content (AvgIpc) is 1.57. The molecule has 100 heavy (non-hydrogen) atoms. The number of fused-ring (bicyclic) bond motifs is 8. The molecule has 0 saturated carbocycles. The number of rotatable bonds is 39. The molecule has 8 aromatic rings. The van der Waals surface area contributed by atoms with Crippen molar-refractivity contribution in [3.8, 4) is 41.4 Å². The van der Waals surface area contributed by atoms with Gasteiger partial charge in [0.2, 0.25) is 0 Å². The first-order chi connectivity index (χ1) is 47.8. The van der Waals surface area contributed by atoms with Gasteiger partial charge in [0.15, 0.2) is 11.0 Å². The number of aromatic nitrogens is 5. The van der Waals surface area contributed by atoms with E-state index in [1.165, 1.54) is 195 Å². The minimum Gasteiger partial charge on any atom is -0.481 e. The van der Waals surface area contributed by atoms with Crippen LogP contribution >= 0.6 is 77.2 Å². The van der Waals surface area contributed by atoms with Gasteiger partial charge >= 0.3 is 301 Å². The normalized spacial score (nSPS) is 17.0. The topological polar surface area (TPSA) is 109 Å². The number of ether oxygens (including phenoxy) is 2. The Morgan fingerprint density at radius 3 is 1.25 bits per heavy atom. The number of benzene rings is 1. The molecular weight excluding hydrogens is 1550 g/mol. The van der Waals surface area contributed by atoms with Crippen molar-refractivity contribution in [2.24, 2.45) is 47.3 Å². The zero-order valence-corrected chi connectivity index (χ0v) is 74.2. The van der Waals surface area contributed by atoms with Crippen molar-refractivity contribution in [1.82, 2.24) is 25.6 Å². The number of nitrogens with zero attached hydrogens (tertiary/aromatic N) is 5. The Kier molecular flexibility index (Phi) is 33.0. The van der Waals surface area contributed by atoms with Crippen LogP contribution in [0.5, 0.6) is 11.5 Å². The van der Waals surface area contributed by atoms with Crippen molar-refractivity contribution in [3.63, 3.8) is 0 Å². The van der Waals surface area contributed by atoms with Gasteiger partial charge in [-0.05, 0) is 133 Å². The second kappa shape index (κ2) is 39.8. The van der Waals surface area contributed by atoms with E-state index in [0.29, 0.717) is 27.5 Å². The van der Waals surface area contributed by atoms with Gasteiger partial charge in [-0.2, -0.15) is 0 Å².